The molecule has 134 valence electrons. The van der Waals surface area contributed by atoms with Crippen LogP contribution in [-0.4, -0.2) is 44.7 Å². The fraction of sp³-hybridized carbons (Fsp3) is 0.833. The second-order valence-electron chi connectivity index (χ2n) is 6.70. The fourth-order valence-corrected chi connectivity index (χ4v) is 3.39. The van der Waals surface area contributed by atoms with Crippen molar-refractivity contribution in [2.24, 2.45) is 11.8 Å². The van der Waals surface area contributed by atoms with Gasteiger partial charge < -0.3 is 20.4 Å². The molecule has 0 aromatic carbocycles. The first-order chi connectivity index (χ1) is 11.0. The van der Waals surface area contributed by atoms with E-state index in [2.05, 4.69) is 6.92 Å². The van der Waals surface area contributed by atoms with Crippen LogP contribution in [0.2, 0.25) is 0 Å². The predicted molar refractivity (Wildman–Crippen MR) is 89.0 cm³/mol. The van der Waals surface area contributed by atoms with Crippen LogP contribution in [0.5, 0.6) is 0 Å². The van der Waals surface area contributed by atoms with E-state index < -0.39 is 24.3 Å². The minimum absolute atomic E-state index is 0.0620. The lowest BCUT2D eigenvalue weighted by Crippen LogP contribution is -2.21. The molecule has 5 heteroatoms. The maximum atomic E-state index is 10.4. The molecule has 0 radical (unpaired) electrons. The third kappa shape index (κ3) is 7.46. The Morgan fingerprint density at radius 1 is 1.17 bits per heavy atom. The van der Waals surface area contributed by atoms with Crippen molar-refractivity contribution in [2.75, 3.05) is 0 Å². The predicted octanol–water partition coefficient (Wildman–Crippen LogP) is 2.49. The van der Waals surface area contributed by atoms with Gasteiger partial charge in [-0.15, -0.1) is 0 Å². The minimum Gasteiger partial charge on any atom is -0.481 e. The molecule has 5 nitrogen and oxygen atoms in total. The second kappa shape index (κ2) is 10.8. The summed E-state index contributed by atoms with van der Waals surface area (Å²) >= 11 is 0. The Kier molecular flexibility index (Phi) is 9.44. The zero-order valence-electron chi connectivity index (χ0n) is 14.1. The topological polar surface area (TPSA) is 98.0 Å². The van der Waals surface area contributed by atoms with Crippen LogP contribution in [0, 0.1) is 11.8 Å². The van der Waals surface area contributed by atoms with Crippen LogP contribution in [0.1, 0.15) is 64.7 Å². The molecule has 1 aliphatic rings. The van der Waals surface area contributed by atoms with Crippen LogP contribution in [0.3, 0.4) is 0 Å². The van der Waals surface area contributed by atoms with Crippen molar-refractivity contribution >= 4 is 5.97 Å². The molecule has 0 bridgehead atoms. The number of carboxylic acids is 1. The van der Waals surface area contributed by atoms with E-state index in [0.717, 1.165) is 25.7 Å². The van der Waals surface area contributed by atoms with Crippen LogP contribution in [0.15, 0.2) is 12.2 Å². The summed E-state index contributed by atoms with van der Waals surface area (Å²) in [4.78, 5) is 10.4. The molecule has 5 atom stereocenters. The molecule has 23 heavy (non-hydrogen) atoms. The zero-order chi connectivity index (χ0) is 17.2. The van der Waals surface area contributed by atoms with Gasteiger partial charge in [-0.3, -0.25) is 4.79 Å². The maximum Gasteiger partial charge on any atom is 0.303 e. The normalized spacial score (nSPS) is 29.2. The molecular weight excluding hydrogens is 296 g/mol. The Labute approximate surface area is 139 Å². The van der Waals surface area contributed by atoms with Gasteiger partial charge in [0, 0.05) is 18.8 Å². The number of carbonyl (C=O) groups is 1. The third-order valence-electron chi connectivity index (χ3n) is 4.75. The fourth-order valence-electron chi connectivity index (χ4n) is 3.39. The Morgan fingerprint density at radius 3 is 2.57 bits per heavy atom. The highest BCUT2D eigenvalue weighted by atomic mass is 16.4. The van der Waals surface area contributed by atoms with Gasteiger partial charge in [-0.2, -0.15) is 0 Å². The summed E-state index contributed by atoms with van der Waals surface area (Å²) < 4.78 is 0. The quantitative estimate of drug-likeness (QED) is 0.345. The van der Waals surface area contributed by atoms with E-state index in [1.807, 2.05) is 6.08 Å². The Bertz CT molecular complexity index is 368. The van der Waals surface area contributed by atoms with Crippen molar-refractivity contribution < 1.29 is 25.2 Å². The highest BCUT2D eigenvalue weighted by Gasteiger charge is 2.39. The summed E-state index contributed by atoms with van der Waals surface area (Å²) in [6, 6.07) is 0. The van der Waals surface area contributed by atoms with Crippen molar-refractivity contribution in [1.82, 2.24) is 0 Å². The number of rotatable bonds is 11. The summed E-state index contributed by atoms with van der Waals surface area (Å²) in [7, 11) is 0. The smallest absolute Gasteiger partial charge is 0.303 e. The van der Waals surface area contributed by atoms with E-state index in [9.17, 15) is 20.1 Å². The zero-order valence-corrected chi connectivity index (χ0v) is 14.1. The highest BCUT2D eigenvalue weighted by Crippen LogP contribution is 2.37. The summed E-state index contributed by atoms with van der Waals surface area (Å²) in [6.45, 7) is 2.14. The summed E-state index contributed by atoms with van der Waals surface area (Å²) in [5.74, 6) is -0.851. The van der Waals surface area contributed by atoms with Gasteiger partial charge >= 0.3 is 5.97 Å². The number of hydrogen-bond donors (Lipinski definition) is 4. The summed E-state index contributed by atoms with van der Waals surface area (Å²) in [6.07, 6.45) is 8.38. The Balaban J connectivity index is 2.42. The number of aliphatic hydroxyl groups excluding tert-OH is 3. The average Bonchev–Trinajstić information content (AvgIpc) is 2.75. The van der Waals surface area contributed by atoms with Gasteiger partial charge in [0.25, 0.3) is 0 Å². The number of hydrogen-bond acceptors (Lipinski definition) is 4. The first-order valence-electron chi connectivity index (χ1n) is 8.90. The van der Waals surface area contributed by atoms with Gasteiger partial charge in [0.2, 0.25) is 0 Å². The number of aliphatic carboxylic acids is 1. The van der Waals surface area contributed by atoms with Crippen LogP contribution >= 0.6 is 0 Å². The van der Waals surface area contributed by atoms with E-state index in [4.69, 9.17) is 5.11 Å². The molecule has 0 aromatic rings. The van der Waals surface area contributed by atoms with E-state index >= 15 is 0 Å². The van der Waals surface area contributed by atoms with Crippen molar-refractivity contribution in [3.8, 4) is 0 Å². The molecule has 0 spiro atoms. The molecular formula is C18H32O5. The molecule has 0 aromatic heterocycles. The van der Waals surface area contributed by atoms with Crippen molar-refractivity contribution in [3.05, 3.63) is 12.2 Å². The lowest BCUT2D eigenvalue weighted by Gasteiger charge is -2.21. The maximum absolute atomic E-state index is 10.4. The van der Waals surface area contributed by atoms with Crippen LogP contribution in [-0.2, 0) is 4.79 Å². The minimum atomic E-state index is -0.812. The number of unbranched alkanes of at least 4 members (excludes halogenated alkanes) is 3. The van der Waals surface area contributed by atoms with Gasteiger partial charge in [0.05, 0.1) is 18.3 Å². The molecule has 1 rings (SSSR count). The van der Waals surface area contributed by atoms with Gasteiger partial charge in [0.15, 0.2) is 0 Å². The molecule has 4 N–H and O–H groups in total. The van der Waals surface area contributed by atoms with Crippen molar-refractivity contribution in [3.63, 3.8) is 0 Å². The highest BCUT2D eigenvalue weighted by molar-refractivity contribution is 5.66. The summed E-state index contributed by atoms with van der Waals surface area (Å²) in [5.41, 5.74) is 0. The van der Waals surface area contributed by atoms with Gasteiger partial charge in [-0.05, 0) is 31.6 Å². The first kappa shape index (κ1) is 20.1. The Hall–Kier alpha value is -0.910. The molecule has 1 aliphatic carbocycles. The monoisotopic (exact) mass is 328 g/mol. The van der Waals surface area contributed by atoms with Gasteiger partial charge in [-0.25, -0.2) is 0 Å². The lowest BCUT2D eigenvalue weighted by molar-refractivity contribution is -0.137. The van der Waals surface area contributed by atoms with Crippen LogP contribution < -0.4 is 0 Å². The molecule has 0 aliphatic heterocycles. The molecule has 0 heterocycles. The molecule has 1 fully saturated rings. The van der Waals surface area contributed by atoms with Crippen molar-refractivity contribution in [2.45, 2.75) is 83.0 Å². The van der Waals surface area contributed by atoms with Crippen LogP contribution in [0.4, 0.5) is 0 Å². The molecule has 0 saturated heterocycles. The average molecular weight is 328 g/mol. The standard InChI is InChI=1S/C18H32O5/c1-2-3-4-8-14-15(17(21)12-16(14)20)11-10-13(19)7-5-6-9-18(22)23/h10-11,13-17,19-21H,2-9,12H2,1H3,(H,22,23)/b11-10+/t13-,14+,15-,16+,17-/m0/s1. The Morgan fingerprint density at radius 2 is 1.91 bits per heavy atom. The SMILES string of the molecule is CCCCC[C@@H]1[C@H](/C=C/[C@@H](O)CCCCC(=O)O)[C@@H](O)C[C@H]1O. The first-order valence-corrected chi connectivity index (χ1v) is 8.90. The molecule has 0 amide bonds. The van der Waals surface area contributed by atoms with E-state index in [-0.39, 0.29) is 18.3 Å². The van der Waals surface area contributed by atoms with E-state index in [1.165, 1.54) is 0 Å². The largest absolute Gasteiger partial charge is 0.481 e. The number of aliphatic hydroxyl groups is 3. The summed E-state index contributed by atoms with van der Waals surface area (Å²) in [5, 5.41) is 38.7. The lowest BCUT2D eigenvalue weighted by atomic mass is 9.88. The second-order valence-corrected chi connectivity index (χ2v) is 6.70. The van der Waals surface area contributed by atoms with Crippen LogP contribution in [0.25, 0.3) is 0 Å². The number of carboxylic acid groups (broad SMARTS) is 1. The van der Waals surface area contributed by atoms with E-state index in [0.29, 0.717) is 25.7 Å². The molecule has 1 saturated carbocycles. The third-order valence-corrected chi connectivity index (χ3v) is 4.75. The van der Waals surface area contributed by atoms with Gasteiger partial charge in [-0.1, -0.05) is 38.3 Å². The van der Waals surface area contributed by atoms with Gasteiger partial charge in [0.1, 0.15) is 0 Å². The molecule has 0 unspecified atom stereocenters. The van der Waals surface area contributed by atoms with E-state index in [1.54, 1.807) is 6.08 Å². The van der Waals surface area contributed by atoms with Crippen molar-refractivity contribution in [1.29, 1.82) is 0 Å².